The molecule has 38 heavy (non-hydrogen) atoms. The molecule has 0 atom stereocenters. The van der Waals surface area contributed by atoms with Crippen LogP contribution in [0.3, 0.4) is 0 Å². The fraction of sp³-hybridized carbons (Fsp3) is 0.125. The number of esters is 1. The molecule has 188 valence electrons. The Labute approximate surface area is 221 Å². The number of carbonyl (C=O) groups excluding carboxylic acids is 2. The number of rotatable bonds is 7. The monoisotopic (exact) mass is 501 g/mol. The lowest BCUT2D eigenvalue weighted by Crippen LogP contribution is -2.15. The number of nitrogens with zero attached hydrogens (tertiary/aromatic N) is 3. The zero-order valence-electron chi connectivity index (χ0n) is 21.5. The average molecular weight is 502 g/mol. The molecule has 0 radical (unpaired) electrons. The van der Waals surface area contributed by atoms with Gasteiger partial charge in [0, 0.05) is 11.1 Å². The standard InChI is InChI=1S/C32H27N3O3/c1-21-8-7-11-27(18-21)31-33-30(34-35(31)28-19-22(2)12-13-23(28)3)32(37)38-20-29(36)26-16-14-25(15-17-26)24-9-5-4-6-10-24/h4-19H,20H2,1-3H3. The first-order valence-electron chi connectivity index (χ1n) is 12.4. The molecule has 0 unspecified atom stereocenters. The third kappa shape index (κ3) is 5.30. The number of ether oxygens (including phenoxy) is 1. The lowest BCUT2D eigenvalue weighted by molar-refractivity contribution is 0.0462. The smallest absolute Gasteiger partial charge is 0.378 e. The van der Waals surface area contributed by atoms with Gasteiger partial charge in [-0.2, -0.15) is 0 Å². The summed E-state index contributed by atoms with van der Waals surface area (Å²) in [5, 5.41) is 4.50. The van der Waals surface area contributed by atoms with E-state index in [0.717, 1.165) is 39.1 Å². The molecule has 0 saturated carbocycles. The number of aromatic nitrogens is 3. The summed E-state index contributed by atoms with van der Waals surface area (Å²) >= 11 is 0. The molecule has 0 bridgehead atoms. The molecular formula is C32H27N3O3. The van der Waals surface area contributed by atoms with Gasteiger partial charge in [-0.1, -0.05) is 90.5 Å². The number of hydrogen-bond acceptors (Lipinski definition) is 5. The summed E-state index contributed by atoms with van der Waals surface area (Å²) in [5.74, 6) is -0.630. The maximum absolute atomic E-state index is 13.0. The first-order chi connectivity index (χ1) is 18.4. The highest BCUT2D eigenvalue weighted by Crippen LogP contribution is 2.25. The molecule has 6 nitrogen and oxygen atoms in total. The largest absolute Gasteiger partial charge is 0.451 e. The second-order valence-electron chi connectivity index (χ2n) is 9.27. The molecule has 4 aromatic carbocycles. The van der Waals surface area contributed by atoms with Crippen LogP contribution in [0.2, 0.25) is 0 Å². The number of ketones is 1. The van der Waals surface area contributed by atoms with Crippen LogP contribution in [0.5, 0.6) is 0 Å². The Morgan fingerprint density at radius 1 is 0.737 bits per heavy atom. The van der Waals surface area contributed by atoms with Crippen molar-refractivity contribution in [2.45, 2.75) is 20.8 Å². The van der Waals surface area contributed by atoms with Crippen molar-refractivity contribution in [1.29, 1.82) is 0 Å². The second kappa shape index (κ2) is 10.6. The highest BCUT2D eigenvalue weighted by Gasteiger charge is 2.22. The van der Waals surface area contributed by atoms with Crippen LogP contribution in [0.25, 0.3) is 28.2 Å². The fourth-order valence-corrected chi connectivity index (χ4v) is 4.24. The van der Waals surface area contributed by atoms with Crippen molar-refractivity contribution >= 4 is 11.8 Å². The van der Waals surface area contributed by atoms with Gasteiger partial charge in [0.1, 0.15) is 0 Å². The van der Waals surface area contributed by atoms with Gasteiger partial charge in [0.2, 0.25) is 0 Å². The van der Waals surface area contributed by atoms with E-state index >= 15 is 0 Å². The van der Waals surface area contributed by atoms with E-state index in [9.17, 15) is 9.59 Å². The molecule has 0 fully saturated rings. The van der Waals surface area contributed by atoms with Gasteiger partial charge in [0.15, 0.2) is 18.2 Å². The highest BCUT2D eigenvalue weighted by molar-refractivity contribution is 5.99. The van der Waals surface area contributed by atoms with Crippen LogP contribution in [0, 0.1) is 20.8 Å². The van der Waals surface area contributed by atoms with E-state index in [-0.39, 0.29) is 11.6 Å². The molecule has 0 aliphatic heterocycles. The molecule has 0 aliphatic carbocycles. The van der Waals surface area contributed by atoms with Gasteiger partial charge in [-0.05, 0) is 55.2 Å². The molecular weight excluding hydrogens is 474 g/mol. The maximum atomic E-state index is 13.0. The van der Waals surface area contributed by atoms with Crippen LogP contribution >= 0.6 is 0 Å². The summed E-state index contributed by atoms with van der Waals surface area (Å²) in [6, 6.07) is 31.0. The molecule has 6 heteroatoms. The van der Waals surface area contributed by atoms with Gasteiger partial charge >= 0.3 is 5.97 Å². The fourth-order valence-electron chi connectivity index (χ4n) is 4.24. The van der Waals surface area contributed by atoms with E-state index in [4.69, 9.17) is 4.74 Å². The third-order valence-corrected chi connectivity index (χ3v) is 6.31. The van der Waals surface area contributed by atoms with E-state index in [1.807, 2.05) is 106 Å². The normalized spacial score (nSPS) is 10.8. The van der Waals surface area contributed by atoms with E-state index in [1.54, 1.807) is 16.8 Å². The zero-order valence-corrected chi connectivity index (χ0v) is 21.5. The van der Waals surface area contributed by atoms with Crippen molar-refractivity contribution in [3.63, 3.8) is 0 Å². The Hall–Kier alpha value is -4.84. The predicted octanol–water partition coefficient (Wildman–Crippen LogP) is 6.57. The van der Waals surface area contributed by atoms with Gasteiger partial charge in [-0.3, -0.25) is 4.79 Å². The molecule has 0 saturated heterocycles. The minimum atomic E-state index is -0.753. The lowest BCUT2D eigenvalue weighted by Gasteiger charge is -2.10. The van der Waals surface area contributed by atoms with E-state index in [0.29, 0.717) is 11.4 Å². The minimum absolute atomic E-state index is 0.102. The van der Waals surface area contributed by atoms with E-state index < -0.39 is 12.6 Å². The van der Waals surface area contributed by atoms with Crippen LogP contribution in [-0.2, 0) is 4.74 Å². The number of hydrogen-bond donors (Lipinski definition) is 0. The first-order valence-corrected chi connectivity index (χ1v) is 12.4. The zero-order chi connectivity index (χ0) is 26.6. The van der Waals surface area contributed by atoms with Gasteiger partial charge < -0.3 is 4.74 Å². The Morgan fingerprint density at radius 2 is 1.42 bits per heavy atom. The summed E-state index contributed by atoms with van der Waals surface area (Å²) in [6.07, 6.45) is 0. The Morgan fingerprint density at radius 3 is 2.16 bits per heavy atom. The van der Waals surface area contributed by atoms with Crippen molar-refractivity contribution in [1.82, 2.24) is 14.8 Å². The number of benzene rings is 4. The quantitative estimate of drug-likeness (QED) is 0.186. The predicted molar refractivity (Wildman–Crippen MR) is 147 cm³/mol. The van der Waals surface area contributed by atoms with Crippen LogP contribution in [0.1, 0.15) is 37.7 Å². The van der Waals surface area contributed by atoms with Gasteiger partial charge in [0.25, 0.3) is 5.82 Å². The molecule has 5 rings (SSSR count). The molecule has 0 N–H and O–H groups in total. The van der Waals surface area contributed by atoms with Gasteiger partial charge in [-0.25, -0.2) is 14.5 Å². The van der Waals surface area contributed by atoms with Crippen LogP contribution in [-0.4, -0.2) is 33.1 Å². The summed E-state index contributed by atoms with van der Waals surface area (Å²) in [6.45, 7) is 5.58. The topological polar surface area (TPSA) is 74.1 Å². The van der Waals surface area contributed by atoms with Crippen molar-refractivity contribution in [2.24, 2.45) is 0 Å². The van der Waals surface area contributed by atoms with Crippen molar-refractivity contribution < 1.29 is 14.3 Å². The van der Waals surface area contributed by atoms with Crippen molar-refractivity contribution in [3.05, 3.63) is 125 Å². The summed E-state index contributed by atoms with van der Waals surface area (Å²) < 4.78 is 7.01. The molecule has 0 amide bonds. The molecule has 1 aromatic heterocycles. The summed E-state index contributed by atoms with van der Waals surface area (Å²) in [7, 11) is 0. The summed E-state index contributed by atoms with van der Waals surface area (Å²) in [5.41, 5.74) is 7.29. The number of Topliss-reactive ketones (excluding diaryl/α,β-unsaturated/α-hetero) is 1. The van der Waals surface area contributed by atoms with Crippen LogP contribution in [0.15, 0.2) is 97.1 Å². The molecule has 1 heterocycles. The minimum Gasteiger partial charge on any atom is -0.451 e. The lowest BCUT2D eigenvalue weighted by atomic mass is 10.0. The second-order valence-corrected chi connectivity index (χ2v) is 9.27. The van der Waals surface area contributed by atoms with E-state index in [2.05, 4.69) is 10.1 Å². The van der Waals surface area contributed by atoms with Crippen molar-refractivity contribution in [2.75, 3.05) is 6.61 Å². The summed E-state index contributed by atoms with van der Waals surface area (Å²) in [4.78, 5) is 30.2. The van der Waals surface area contributed by atoms with Gasteiger partial charge in [0.05, 0.1) is 5.69 Å². The number of carbonyl (C=O) groups is 2. The van der Waals surface area contributed by atoms with E-state index in [1.165, 1.54) is 0 Å². The average Bonchev–Trinajstić information content (AvgIpc) is 3.39. The highest BCUT2D eigenvalue weighted by atomic mass is 16.5. The van der Waals surface area contributed by atoms with Crippen LogP contribution < -0.4 is 0 Å². The van der Waals surface area contributed by atoms with Crippen LogP contribution in [0.4, 0.5) is 0 Å². The molecule has 0 aliphatic rings. The Bertz CT molecular complexity index is 1620. The first kappa shape index (κ1) is 24.8. The maximum Gasteiger partial charge on any atom is 0.378 e. The molecule has 0 spiro atoms. The van der Waals surface area contributed by atoms with Gasteiger partial charge in [-0.15, -0.1) is 5.10 Å². The molecule has 5 aromatic rings. The van der Waals surface area contributed by atoms with Crippen molar-refractivity contribution in [3.8, 4) is 28.2 Å². The Kier molecular flexibility index (Phi) is 6.96. The SMILES string of the molecule is Cc1cccc(-c2nc(C(=O)OCC(=O)c3ccc(-c4ccccc4)cc3)nn2-c2cc(C)ccc2C)c1. The Balaban J connectivity index is 1.37. The third-order valence-electron chi connectivity index (χ3n) is 6.31. The number of aryl methyl sites for hydroxylation is 3.